The Morgan fingerprint density at radius 2 is 1.94 bits per heavy atom. The molecule has 1 N–H and O–H groups in total. The number of rotatable bonds is 1. The Labute approximate surface area is 94.4 Å². The molecule has 0 radical (unpaired) electrons. The van der Waals surface area contributed by atoms with E-state index >= 15 is 0 Å². The quantitative estimate of drug-likeness (QED) is 0.750. The van der Waals surface area contributed by atoms with Crippen LogP contribution in [0, 0.1) is 5.41 Å². The number of aliphatic hydroxyl groups excluding tert-OH is 1. The SMILES string of the molecule is CC(C)(C)C(=O)N1CC(F)(F)CC1(C)CO. The first-order chi connectivity index (χ1) is 7.02. The van der Waals surface area contributed by atoms with Gasteiger partial charge >= 0.3 is 0 Å². The molecule has 3 nitrogen and oxygen atoms in total. The largest absolute Gasteiger partial charge is 0.394 e. The summed E-state index contributed by atoms with van der Waals surface area (Å²) in [6.45, 7) is 5.51. The molecule has 0 spiro atoms. The van der Waals surface area contributed by atoms with E-state index in [9.17, 15) is 18.7 Å². The fourth-order valence-corrected chi connectivity index (χ4v) is 1.99. The molecule has 1 fully saturated rings. The molecule has 0 bridgehead atoms. The van der Waals surface area contributed by atoms with Gasteiger partial charge in [0.05, 0.1) is 18.7 Å². The molecule has 1 unspecified atom stereocenters. The predicted molar refractivity (Wildman–Crippen MR) is 56.2 cm³/mol. The van der Waals surface area contributed by atoms with E-state index in [-0.39, 0.29) is 5.91 Å². The van der Waals surface area contributed by atoms with Crippen molar-refractivity contribution in [3.8, 4) is 0 Å². The number of alkyl halides is 2. The van der Waals surface area contributed by atoms with Crippen molar-refractivity contribution in [1.29, 1.82) is 0 Å². The Bertz CT molecular complexity index is 299. The molecule has 5 heteroatoms. The molecule has 0 aromatic carbocycles. The van der Waals surface area contributed by atoms with Crippen LogP contribution in [0.3, 0.4) is 0 Å². The molecular weight excluding hydrogens is 216 g/mol. The van der Waals surface area contributed by atoms with Gasteiger partial charge in [0.25, 0.3) is 5.92 Å². The van der Waals surface area contributed by atoms with Crippen LogP contribution in [0.15, 0.2) is 0 Å². The number of nitrogens with zero attached hydrogens (tertiary/aromatic N) is 1. The van der Waals surface area contributed by atoms with E-state index in [1.54, 1.807) is 20.8 Å². The van der Waals surface area contributed by atoms with Gasteiger partial charge in [-0.05, 0) is 6.92 Å². The topological polar surface area (TPSA) is 40.5 Å². The summed E-state index contributed by atoms with van der Waals surface area (Å²) in [7, 11) is 0. The number of hydrogen-bond donors (Lipinski definition) is 1. The highest BCUT2D eigenvalue weighted by atomic mass is 19.3. The van der Waals surface area contributed by atoms with Crippen molar-refractivity contribution in [2.75, 3.05) is 13.2 Å². The Balaban J connectivity index is 3.00. The molecule has 1 amide bonds. The molecule has 1 aliphatic rings. The minimum atomic E-state index is -2.90. The first-order valence-corrected chi connectivity index (χ1v) is 5.33. The van der Waals surface area contributed by atoms with Crippen molar-refractivity contribution in [2.45, 2.75) is 45.6 Å². The number of likely N-dealkylation sites (tertiary alicyclic amines) is 1. The van der Waals surface area contributed by atoms with Gasteiger partial charge in [0.15, 0.2) is 0 Å². The third-order valence-corrected chi connectivity index (χ3v) is 2.91. The second-order valence-corrected chi connectivity index (χ2v) is 5.83. The fraction of sp³-hybridized carbons (Fsp3) is 0.909. The van der Waals surface area contributed by atoms with Gasteiger partial charge in [-0.25, -0.2) is 8.78 Å². The van der Waals surface area contributed by atoms with Gasteiger partial charge in [-0.2, -0.15) is 0 Å². The van der Waals surface area contributed by atoms with Crippen molar-refractivity contribution >= 4 is 5.91 Å². The van der Waals surface area contributed by atoms with Gasteiger partial charge in [-0.15, -0.1) is 0 Å². The van der Waals surface area contributed by atoms with Crippen LogP contribution in [0.2, 0.25) is 0 Å². The van der Waals surface area contributed by atoms with E-state index in [2.05, 4.69) is 0 Å². The molecule has 0 aliphatic carbocycles. The lowest BCUT2D eigenvalue weighted by atomic mass is 9.91. The Morgan fingerprint density at radius 1 is 1.44 bits per heavy atom. The summed E-state index contributed by atoms with van der Waals surface area (Å²) in [5, 5.41) is 9.22. The number of aliphatic hydroxyl groups is 1. The minimum Gasteiger partial charge on any atom is -0.394 e. The molecule has 0 aromatic rings. The fourth-order valence-electron chi connectivity index (χ4n) is 1.99. The van der Waals surface area contributed by atoms with Gasteiger partial charge in [0.2, 0.25) is 5.91 Å². The average Bonchev–Trinajstić information content (AvgIpc) is 2.34. The highest BCUT2D eigenvalue weighted by molar-refractivity contribution is 5.82. The normalized spacial score (nSPS) is 29.6. The highest BCUT2D eigenvalue weighted by Crippen LogP contribution is 2.41. The molecule has 1 saturated heterocycles. The zero-order valence-electron chi connectivity index (χ0n) is 10.2. The van der Waals surface area contributed by atoms with Gasteiger partial charge in [0.1, 0.15) is 0 Å². The molecule has 16 heavy (non-hydrogen) atoms. The minimum absolute atomic E-state index is 0.346. The van der Waals surface area contributed by atoms with Crippen LogP contribution in [0.1, 0.15) is 34.1 Å². The molecule has 1 heterocycles. The van der Waals surface area contributed by atoms with Gasteiger partial charge in [-0.3, -0.25) is 4.79 Å². The second kappa shape index (κ2) is 3.65. The first kappa shape index (κ1) is 13.4. The van der Waals surface area contributed by atoms with Crippen LogP contribution in [-0.2, 0) is 4.79 Å². The lowest BCUT2D eigenvalue weighted by Crippen LogP contribution is -2.51. The summed E-state index contributed by atoms with van der Waals surface area (Å²) in [4.78, 5) is 13.1. The van der Waals surface area contributed by atoms with Crippen LogP contribution >= 0.6 is 0 Å². The van der Waals surface area contributed by atoms with E-state index < -0.39 is 36.4 Å². The summed E-state index contributed by atoms with van der Waals surface area (Å²) in [5.74, 6) is -3.25. The zero-order valence-corrected chi connectivity index (χ0v) is 10.2. The number of hydrogen-bond acceptors (Lipinski definition) is 2. The van der Waals surface area contributed by atoms with Gasteiger partial charge in [0, 0.05) is 11.8 Å². The van der Waals surface area contributed by atoms with Crippen LogP contribution in [0.4, 0.5) is 8.78 Å². The summed E-state index contributed by atoms with van der Waals surface area (Å²) >= 11 is 0. The van der Waals surface area contributed by atoms with E-state index in [0.717, 1.165) is 4.90 Å². The maximum Gasteiger partial charge on any atom is 0.267 e. The second-order valence-electron chi connectivity index (χ2n) is 5.83. The number of carbonyl (C=O) groups is 1. The van der Waals surface area contributed by atoms with Crippen LogP contribution < -0.4 is 0 Å². The molecule has 1 aliphatic heterocycles. The van der Waals surface area contributed by atoms with E-state index in [0.29, 0.717) is 0 Å². The number of halogens is 2. The highest BCUT2D eigenvalue weighted by Gasteiger charge is 2.55. The van der Waals surface area contributed by atoms with Crippen LogP contribution in [0.25, 0.3) is 0 Å². The van der Waals surface area contributed by atoms with E-state index in [1.165, 1.54) is 6.92 Å². The Hall–Kier alpha value is -0.710. The summed E-state index contributed by atoms with van der Waals surface area (Å²) in [6.07, 6.45) is -0.474. The van der Waals surface area contributed by atoms with Gasteiger partial charge in [-0.1, -0.05) is 20.8 Å². The zero-order chi connectivity index (χ0) is 12.8. The molecule has 1 atom stereocenters. The molecular formula is C11H19F2NO2. The van der Waals surface area contributed by atoms with E-state index in [4.69, 9.17) is 0 Å². The summed E-state index contributed by atoms with van der Waals surface area (Å²) in [5.41, 5.74) is -1.86. The lowest BCUT2D eigenvalue weighted by Gasteiger charge is -2.36. The molecule has 0 aromatic heterocycles. The van der Waals surface area contributed by atoms with Crippen molar-refractivity contribution in [1.82, 2.24) is 4.90 Å². The maximum atomic E-state index is 13.3. The van der Waals surface area contributed by atoms with Gasteiger partial charge < -0.3 is 10.0 Å². The lowest BCUT2D eigenvalue weighted by molar-refractivity contribution is -0.145. The molecule has 94 valence electrons. The maximum absolute atomic E-state index is 13.3. The molecule has 1 rings (SSSR count). The van der Waals surface area contributed by atoms with Crippen LogP contribution in [0.5, 0.6) is 0 Å². The van der Waals surface area contributed by atoms with Crippen LogP contribution in [-0.4, -0.2) is 40.5 Å². The monoisotopic (exact) mass is 235 g/mol. The van der Waals surface area contributed by atoms with E-state index in [1.807, 2.05) is 0 Å². The first-order valence-electron chi connectivity index (χ1n) is 5.33. The average molecular weight is 235 g/mol. The summed E-state index contributed by atoms with van der Waals surface area (Å²) < 4.78 is 26.6. The van der Waals surface area contributed by atoms with Crippen molar-refractivity contribution < 1.29 is 18.7 Å². The van der Waals surface area contributed by atoms with Crippen molar-refractivity contribution in [3.05, 3.63) is 0 Å². The van der Waals surface area contributed by atoms with Crippen molar-refractivity contribution in [3.63, 3.8) is 0 Å². The standard InChI is InChI=1S/C11H19F2NO2/c1-9(2,3)8(16)14-6-11(12,13)5-10(14,4)7-15/h15H,5-7H2,1-4H3. The third-order valence-electron chi connectivity index (χ3n) is 2.91. The predicted octanol–water partition coefficient (Wildman–Crippen LogP) is 1.65. The molecule has 0 saturated carbocycles. The van der Waals surface area contributed by atoms with Crippen molar-refractivity contribution in [2.24, 2.45) is 5.41 Å². The Morgan fingerprint density at radius 3 is 2.31 bits per heavy atom. The smallest absolute Gasteiger partial charge is 0.267 e. The Kier molecular flexibility index (Phi) is 3.05. The number of carbonyl (C=O) groups excluding carboxylic acids is 1. The summed E-state index contributed by atoms with van der Waals surface area (Å²) in [6, 6.07) is 0. The third kappa shape index (κ3) is 2.34. The number of amides is 1.